The van der Waals surface area contributed by atoms with E-state index in [0.717, 1.165) is 16.4 Å². The average molecular weight is 553 g/mol. The number of carbonyl (C=O) groups excluding carboxylic acids is 1. The molecule has 0 saturated carbocycles. The van der Waals surface area contributed by atoms with Crippen molar-refractivity contribution in [1.29, 1.82) is 0 Å². The Labute approximate surface area is 207 Å². The quantitative estimate of drug-likeness (QED) is 0.400. The minimum absolute atomic E-state index is 0.0350. The lowest BCUT2D eigenvalue weighted by Crippen LogP contribution is -2.41. The maximum Gasteiger partial charge on any atom is 0.433 e. The molecule has 9 nitrogen and oxygen atoms in total. The van der Waals surface area contributed by atoms with Crippen LogP contribution in [0.2, 0.25) is 0 Å². The van der Waals surface area contributed by atoms with Gasteiger partial charge in [-0.25, -0.2) is 22.0 Å². The molecule has 15 heteroatoms. The van der Waals surface area contributed by atoms with Gasteiger partial charge in [-0.1, -0.05) is 12.1 Å². The molecule has 3 rings (SSSR count). The number of hydrogen-bond acceptors (Lipinski definition) is 6. The van der Waals surface area contributed by atoms with Crippen LogP contribution >= 0.6 is 0 Å². The van der Waals surface area contributed by atoms with Crippen LogP contribution in [0, 0.1) is 5.82 Å². The summed E-state index contributed by atoms with van der Waals surface area (Å²) in [5, 5.41) is 2.60. The monoisotopic (exact) mass is 552 g/mol. The summed E-state index contributed by atoms with van der Waals surface area (Å²) >= 11 is -2.44. The molecule has 2 aromatic rings. The Kier molecular flexibility index (Phi) is 8.25. The first-order chi connectivity index (χ1) is 16.7. The molecule has 0 bridgehead atoms. The van der Waals surface area contributed by atoms with Gasteiger partial charge in [-0.15, -0.1) is 0 Å². The number of nitrogens with one attached hydrogen (secondary N) is 1. The van der Waals surface area contributed by atoms with Crippen LogP contribution in [0.4, 0.5) is 29.1 Å². The van der Waals surface area contributed by atoms with Gasteiger partial charge in [-0.05, 0) is 30.7 Å². The fraction of sp³-hybridized carbons (Fsp3) is 0.429. The van der Waals surface area contributed by atoms with Crippen LogP contribution in [0.1, 0.15) is 29.7 Å². The molecule has 1 aliphatic heterocycles. The van der Waals surface area contributed by atoms with E-state index in [0.29, 0.717) is 0 Å². The minimum atomic E-state index is -4.71. The highest BCUT2D eigenvalue weighted by Crippen LogP contribution is 2.31. The van der Waals surface area contributed by atoms with E-state index in [-0.39, 0.29) is 53.8 Å². The summed E-state index contributed by atoms with van der Waals surface area (Å²) in [6, 6.07) is 5.70. The van der Waals surface area contributed by atoms with E-state index < -0.39 is 50.6 Å². The lowest BCUT2D eigenvalue weighted by atomic mass is 9.99. The molecule has 1 fully saturated rings. The molecule has 2 heterocycles. The molecular weight excluding hydrogens is 528 g/mol. The van der Waals surface area contributed by atoms with Gasteiger partial charge >= 0.3 is 6.18 Å². The average Bonchev–Trinajstić information content (AvgIpc) is 2.80. The van der Waals surface area contributed by atoms with Crippen LogP contribution in [0.15, 0.2) is 30.3 Å². The smallest absolute Gasteiger partial charge is 0.354 e. The fourth-order valence-corrected chi connectivity index (χ4v) is 5.11. The number of nitrogens with zero attached hydrogens (tertiary/aromatic N) is 3. The molecule has 1 saturated heterocycles. The van der Waals surface area contributed by atoms with Gasteiger partial charge in [0.25, 0.3) is 11.3 Å². The van der Waals surface area contributed by atoms with Gasteiger partial charge in [0, 0.05) is 32.2 Å². The second-order valence-corrected chi connectivity index (χ2v) is 11.5. The van der Waals surface area contributed by atoms with E-state index in [9.17, 15) is 35.0 Å². The molecule has 198 valence electrons. The van der Waals surface area contributed by atoms with Crippen molar-refractivity contribution in [3.8, 4) is 0 Å². The highest BCUT2D eigenvalue weighted by atomic mass is 32.2. The molecule has 1 aromatic heterocycles. The summed E-state index contributed by atoms with van der Waals surface area (Å²) in [7, 11) is -2.07. The molecule has 2 N–H and O–H groups in total. The first-order valence-corrected chi connectivity index (χ1v) is 13.5. The molecule has 2 unspecified atom stereocenters. The number of halogens is 4. The number of pyridine rings is 1. The third-order valence-corrected chi connectivity index (χ3v) is 8.06. The van der Waals surface area contributed by atoms with Crippen LogP contribution in [-0.2, 0) is 38.6 Å². The molecule has 36 heavy (non-hydrogen) atoms. The predicted octanol–water partition coefficient (Wildman–Crippen LogP) is 2.47. The molecule has 0 aliphatic carbocycles. The van der Waals surface area contributed by atoms with Gasteiger partial charge in [0.2, 0.25) is 5.91 Å². The van der Waals surface area contributed by atoms with Crippen molar-refractivity contribution < 1.29 is 39.5 Å². The second kappa shape index (κ2) is 10.7. The number of anilines is 2. The Morgan fingerprint density at radius 1 is 1.25 bits per heavy atom. The van der Waals surface area contributed by atoms with Crippen LogP contribution < -0.4 is 14.5 Å². The van der Waals surface area contributed by atoms with Crippen LogP contribution in [0.25, 0.3) is 0 Å². The summed E-state index contributed by atoms with van der Waals surface area (Å²) in [5.41, 5.74) is -0.746. The minimum Gasteiger partial charge on any atom is -0.354 e. The van der Waals surface area contributed by atoms with Crippen molar-refractivity contribution in [1.82, 2.24) is 10.3 Å². The van der Waals surface area contributed by atoms with Crippen molar-refractivity contribution in [2.75, 3.05) is 40.8 Å². The topological polar surface area (TPSA) is 120 Å². The Bertz CT molecular complexity index is 1260. The Morgan fingerprint density at radius 2 is 1.89 bits per heavy atom. The van der Waals surface area contributed by atoms with E-state index in [4.69, 9.17) is 4.55 Å². The number of benzene rings is 1. The van der Waals surface area contributed by atoms with Crippen molar-refractivity contribution in [2.45, 2.75) is 25.6 Å². The predicted molar refractivity (Wildman–Crippen MR) is 126 cm³/mol. The van der Waals surface area contributed by atoms with Crippen LogP contribution in [0.3, 0.4) is 0 Å². The molecule has 1 amide bonds. The third kappa shape index (κ3) is 6.50. The highest BCUT2D eigenvalue weighted by molar-refractivity contribution is 7.91. The van der Waals surface area contributed by atoms with Gasteiger partial charge in [0.15, 0.2) is 9.84 Å². The van der Waals surface area contributed by atoms with Crippen molar-refractivity contribution in [3.63, 3.8) is 0 Å². The normalized spacial score (nSPS) is 17.4. The summed E-state index contributed by atoms with van der Waals surface area (Å²) in [5.74, 6) is -2.74. The Hall–Kier alpha value is -2.78. The van der Waals surface area contributed by atoms with Gasteiger partial charge in [-0.2, -0.15) is 13.2 Å². The number of alkyl halides is 3. The Balaban J connectivity index is 1.78. The summed E-state index contributed by atoms with van der Waals surface area (Å²) in [6.07, 6.45) is -4.71. The van der Waals surface area contributed by atoms with Crippen LogP contribution in [-0.4, -0.2) is 59.7 Å². The second-order valence-electron chi connectivity index (χ2n) is 8.19. The van der Waals surface area contributed by atoms with Crippen molar-refractivity contribution in [3.05, 3.63) is 53.0 Å². The third-order valence-electron chi connectivity index (χ3n) is 5.78. The van der Waals surface area contributed by atoms with Gasteiger partial charge < -0.3 is 10.2 Å². The standard InChI is InChI=1S/C21H24F4N4O5S2/c1-13(14-3-5-17(16(22)11-14)28(2)35(31)32)20(30)26-12-15-4-6-18(21(23,24)25)27-19(15)29-7-9-36(33,34)10-8-29/h3-6,11,13H,7-10,12H2,1-2H3,(H,26,30)(H,31,32). The Morgan fingerprint density at radius 3 is 2.44 bits per heavy atom. The van der Waals surface area contributed by atoms with Gasteiger partial charge in [-0.3, -0.25) is 13.7 Å². The lowest BCUT2D eigenvalue weighted by molar-refractivity contribution is -0.141. The number of amides is 1. The molecule has 2 atom stereocenters. The zero-order valence-corrected chi connectivity index (χ0v) is 20.9. The number of rotatable bonds is 7. The largest absolute Gasteiger partial charge is 0.433 e. The molecule has 1 aromatic carbocycles. The molecule has 0 radical (unpaired) electrons. The maximum atomic E-state index is 14.4. The van der Waals surface area contributed by atoms with E-state index in [1.165, 1.54) is 37.1 Å². The highest BCUT2D eigenvalue weighted by Gasteiger charge is 2.34. The van der Waals surface area contributed by atoms with Crippen LogP contribution in [0.5, 0.6) is 0 Å². The van der Waals surface area contributed by atoms with Crippen molar-refractivity contribution >= 4 is 38.5 Å². The van der Waals surface area contributed by atoms with E-state index in [2.05, 4.69) is 10.3 Å². The zero-order chi connectivity index (χ0) is 26.8. The lowest BCUT2D eigenvalue weighted by Gasteiger charge is -2.30. The fourth-order valence-electron chi connectivity index (χ4n) is 3.59. The van der Waals surface area contributed by atoms with Gasteiger partial charge in [0.1, 0.15) is 17.3 Å². The maximum absolute atomic E-state index is 14.4. The number of carbonyl (C=O) groups is 1. The number of hydrogen-bond donors (Lipinski definition) is 2. The van der Waals surface area contributed by atoms with E-state index >= 15 is 0 Å². The van der Waals surface area contributed by atoms with Crippen molar-refractivity contribution in [2.24, 2.45) is 0 Å². The summed E-state index contributed by atoms with van der Waals surface area (Å²) in [6.45, 7) is 1.23. The summed E-state index contributed by atoms with van der Waals surface area (Å²) in [4.78, 5) is 17.9. The van der Waals surface area contributed by atoms with E-state index in [1.54, 1.807) is 0 Å². The zero-order valence-electron chi connectivity index (χ0n) is 19.2. The van der Waals surface area contributed by atoms with Gasteiger partial charge in [0.05, 0.1) is 23.1 Å². The number of sulfone groups is 1. The van der Waals surface area contributed by atoms with E-state index in [1.807, 2.05) is 0 Å². The molecule has 1 aliphatic rings. The first kappa shape index (κ1) is 27.8. The first-order valence-electron chi connectivity index (χ1n) is 10.6. The number of aromatic nitrogens is 1. The molecular formula is C21H24F4N4O5S2. The SMILES string of the molecule is CC(C(=O)NCc1ccc(C(F)(F)F)nc1N1CCS(=O)(=O)CC1)c1ccc(N(C)S(=O)O)c(F)c1. The summed E-state index contributed by atoms with van der Waals surface area (Å²) < 4.78 is 98.7. The molecule has 0 spiro atoms.